The van der Waals surface area contributed by atoms with E-state index in [0.717, 1.165) is 16.1 Å². The summed E-state index contributed by atoms with van der Waals surface area (Å²) in [5, 5.41) is 3.19. The first-order valence-electron chi connectivity index (χ1n) is 9.49. The molecule has 0 aromatic heterocycles. The zero-order valence-electron chi connectivity index (χ0n) is 17.6. The van der Waals surface area contributed by atoms with Crippen molar-refractivity contribution in [3.63, 3.8) is 0 Å². The Morgan fingerprint density at radius 2 is 2.00 bits per heavy atom. The average molecular weight is 487 g/mol. The Morgan fingerprint density at radius 3 is 2.65 bits per heavy atom. The Labute approximate surface area is 192 Å². The summed E-state index contributed by atoms with van der Waals surface area (Å²) in [6.07, 6.45) is 1.52. The number of ether oxygens (including phenoxy) is 2. The summed E-state index contributed by atoms with van der Waals surface area (Å²) in [6, 6.07) is 9.64. The van der Waals surface area contributed by atoms with Crippen LogP contribution in [0.15, 0.2) is 36.4 Å². The molecule has 10 heteroatoms. The van der Waals surface area contributed by atoms with Crippen molar-refractivity contribution in [2.45, 2.75) is 31.9 Å². The molecule has 168 valence electrons. The number of nitrogens with one attached hydrogen (secondary N) is 1. The minimum Gasteiger partial charge on any atom is -0.497 e. The van der Waals surface area contributed by atoms with Crippen LogP contribution in [0.4, 0.5) is 5.69 Å². The van der Waals surface area contributed by atoms with Gasteiger partial charge in [-0.25, -0.2) is 8.42 Å². The average Bonchev–Trinajstić information content (AvgIpc) is 2.66. The molecule has 0 fully saturated rings. The summed E-state index contributed by atoms with van der Waals surface area (Å²) < 4.78 is 37.0. The molecule has 31 heavy (non-hydrogen) atoms. The second kappa shape index (κ2) is 8.76. The topological polar surface area (TPSA) is 84.9 Å². The second-order valence-electron chi connectivity index (χ2n) is 7.93. The second-order valence-corrected chi connectivity index (χ2v) is 10.6. The molecule has 1 N–H and O–H groups in total. The van der Waals surface area contributed by atoms with Gasteiger partial charge in [0.15, 0.2) is 0 Å². The Hall–Kier alpha value is -2.16. The van der Waals surface area contributed by atoms with E-state index in [1.165, 1.54) is 6.07 Å². The minimum atomic E-state index is -3.80. The van der Waals surface area contributed by atoms with Gasteiger partial charge in [-0.1, -0.05) is 29.3 Å². The summed E-state index contributed by atoms with van der Waals surface area (Å²) in [6.45, 7) is 3.40. The Balaban J connectivity index is 1.87. The molecular weight excluding hydrogens is 463 g/mol. The van der Waals surface area contributed by atoms with Gasteiger partial charge in [0.25, 0.3) is 0 Å². The predicted molar refractivity (Wildman–Crippen MR) is 122 cm³/mol. The first-order valence-corrected chi connectivity index (χ1v) is 12.1. The number of amides is 1. The van der Waals surface area contributed by atoms with Crippen molar-refractivity contribution in [3.05, 3.63) is 52.0 Å². The quantitative estimate of drug-likeness (QED) is 0.661. The number of rotatable bonds is 6. The number of nitrogens with zero attached hydrogens (tertiary/aromatic N) is 1. The number of carbonyl (C=O) groups is 1. The molecule has 1 aliphatic heterocycles. The highest BCUT2D eigenvalue weighted by atomic mass is 35.5. The van der Waals surface area contributed by atoms with Crippen LogP contribution >= 0.6 is 23.2 Å². The van der Waals surface area contributed by atoms with Crippen LogP contribution in [-0.4, -0.2) is 39.8 Å². The summed E-state index contributed by atoms with van der Waals surface area (Å²) in [5.74, 6) is 0.769. The lowest BCUT2D eigenvalue weighted by Crippen LogP contribution is -2.45. The highest BCUT2D eigenvalue weighted by Gasteiger charge is 2.35. The molecule has 7 nitrogen and oxygen atoms in total. The highest BCUT2D eigenvalue weighted by molar-refractivity contribution is 7.92. The summed E-state index contributed by atoms with van der Waals surface area (Å²) in [5.41, 5.74) is 0.397. The number of methoxy groups -OCH3 is 1. The molecule has 1 unspecified atom stereocenters. The molecule has 0 aliphatic carbocycles. The van der Waals surface area contributed by atoms with Crippen LogP contribution in [0.2, 0.25) is 10.0 Å². The minimum absolute atomic E-state index is 0.0621. The van der Waals surface area contributed by atoms with Crippen molar-refractivity contribution in [1.29, 1.82) is 0 Å². The van der Waals surface area contributed by atoms with Gasteiger partial charge in [0.2, 0.25) is 15.9 Å². The number of halogens is 2. The number of hydrogen-bond donors (Lipinski definition) is 1. The fourth-order valence-corrected chi connectivity index (χ4v) is 4.83. The lowest BCUT2D eigenvalue weighted by atomic mass is 9.89. The third kappa shape index (κ3) is 5.37. The Bertz CT molecular complexity index is 1100. The van der Waals surface area contributed by atoms with Crippen molar-refractivity contribution in [1.82, 2.24) is 5.32 Å². The molecule has 0 saturated carbocycles. The maximum atomic E-state index is 12.9. The van der Waals surface area contributed by atoms with Crippen LogP contribution < -0.4 is 19.1 Å². The van der Waals surface area contributed by atoms with Gasteiger partial charge in [-0.05, 0) is 38.1 Å². The van der Waals surface area contributed by atoms with Gasteiger partial charge in [0, 0.05) is 18.1 Å². The summed E-state index contributed by atoms with van der Waals surface area (Å²) in [4.78, 5) is 12.9. The predicted octanol–water partition coefficient (Wildman–Crippen LogP) is 4.19. The zero-order chi connectivity index (χ0) is 23.0. The standard InChI is InChI=1S/C21H24Cl2N2O5S/c1-21(2)11-16(14-9-8-13(29-3)10-18(14)30-21)24-19(26)12-25(31(4,27)28)17-7-5-6-15(22)20(17)23/h5-10,16H,11-12H2,1-4H3,(H,24,26). The molecule has 2 aromatic carbocycles. The number of hydrogen-bond acceptors (Lipinski definition) is 5. The number of anilines is 1. The number of benzene rings is 2. The molecule has 3 rings (SSSR count). The maximum absolute atomic E-state index is 12.9. The van der Waals surface area contributed by atoms with Gasteiger partial charge in [-0.15, -0.1) is 0 Å². The monoisotopic (exact) mass is 486 g/mol. The van der Waals surface area contributed by atoms with Crippen LogP contribution in [0.3, 0.4) is 0 Å². The summed E-state index contributed by atoms with van der Waals surface area (Å²) >= 11 is 12.2. The molecule has 1 heterocycles. The smallest absolute Gasteiger partial charge is 0.241 e. The van der Waals surface area contributed by atoms with Gasteiger partial charge in [0.05, 0.1) is 35.1 Å². The van der Waals surface area contributed by atoms with E-state index in [1.54, 1.807) is 31.4 Å². The first kappa shape index (κ1) is 23.5. The van der Waals surface area contributed by atoms with Gasteiger partial charge < -0.3 is 14.8 Å². The molecular formula is C21H24Cl2N2O5S. The van der Waals surface area contributed by atoms with Crippen LogP contribution in [0.1, 0.15) is 31.9 Å². The fourth-order valence-electron chi connectivity index (χ4n) is 3.52. The lowest BCUT2D eigenvalue weighted by Gasteiger charge is -2.38. The molecule has 0 spiro atoms. The van der Waals surface area contributed by atoms with Gasteiger partial charge in [-0.2, -0.15) is 0 Å². The fraction of sp³-hybridized carbons (Fsp3) is 0.381. The van der Waals surface area contributed by atoms with Crippen LogP contribution in [0, 0.1) is 0 Å². The maximum Gasteiger partial charge on any atom is 0.241 e. The largest absolute Gasteiger partial charge is 0.497 e. The normalized spacial score (nSPS) is 17.3. The van der Waals surface area contributed by atoms with Gasteiger partial charge in [0.1, 0.15) is 23.6 Å². The third-order valence-electron chi connectivity index (χ3n) is 4.90. The molecule has 1 atom stereocenters. The van der Waals surface area contributed by atoms with Gasteiger partial charge >= 0.3 is 0 Å². The SMILES string of the molecule is COc1ccc2c(c1)OC(C)(C)CC2NC(=O)CN(c1cccc(Cl)c1Cl)S(C)(=O)=O. The van der Waals surface area contributed by atoms with Gasteiger partial charge in [-0.3, -0.25) is 9.10 Å². The van der Waals surface area contributed by atoms with Crippen molar-refractivity contribution in [2.75, 3.05) is 24.2 Å². The van der Waals surface area contributed by atoms with Crippen molar-refractivity contribution in [2.24, 2.45) is 0 Å². The van der Waals surface area contributed by atoms with E-state index in [-0.39, 0.29) is 21.8 Å². The number of sulfonamides is 1. The lowest BCUT2D eigenvalue weighted by molar-refractivity contribution is -0.120. The van der Waals surface area contributed by atoms with Crippen LogP contribution in [0.25, 0.3) is 0 Å². The van der Waals surface area contributed by atoms with Crippen LogP contribution in [-0.2, 0) is 14.8 Å². The van der Waals surface area contributed by atoms with Crippen molar-refractivity contribution in [3.8, 4) is 11.5 Å². The van der Waals surface area contributed by atoms with E-state index in [4.69, 9.17) is 32.7 Å². The number of fused-ring (bicyclic) bond motifs is 1. The third-order valence-corrected chi connectivity index (χ3v) is 6.84. The molecule has 2 aromatic rings. The summed E-state index contributed by atoms with van der Waals surface area (Å²) in [7, 11) is -2.23. The van der Waals surface area contributed by atoms with Crippen LogP contribution in [0.5, 0.6) is 11.5 Å². The van der Waals surface area contributed by atoms with E-state index in [1.807, 2.05) is 19.9 Å². The molecule has 1 aliphatic rings. The zero-order valence-corrected chi connectivity index (χ0v) is 19.9. The molecule has 1 amide bonds. The molecule has 0 radical (unpaired) electrons. The van der Waals surface area contributed by atoms with Crippen molar-refractivity contribution < 1.29 is 22.7 Å². The highest BCUT2D eigenvalue weighted by Crippen LogP contribution is 2.41. The van der Waals surface area contributed by atoms with E-state index >= 15 is 0 Å². The molecule has 0 bridgehead atoms. The first-order chi connectivity index (χ1) is 14.4. The Kier molecular flexibility index (Phi) is 6.64. The number of carbonyl (C=O) groups excluding carboxylic acids is 1. The molecule has 0 saturated heterocycles. The van der Waals surface area contributed by atoms with E-state index in [2.05, 4.69) is 5.32 Å². The van der Waals surface area contributed by atoms with E-state index in [0.29, 0.717) is 17.9 Å². The van der Waals surface area contributed by atoms with E-state index in [9.17, 15) is 13.2 Å². The van der Waals surface area contributed by atoms with Crippen molar-refractivity contribution >= 4 is 44.8 Å². The Morgan fingerprint density at radius 1 is 1.29 bits per heavy atom. The van der Waals surface area contributed by atoms with E-state index < -0.39 is 28.1 Å².